The number of nitrogens with one attached hydrogen (secondary N) is 1. The van der Waals surface area contributed by atoms with Crippen LogP contribution >= 0.6 is 0 Å². The smallest absolute Gasteiger partial charge is 0.215 e. The zero-order valence-electron chi connectivity index (χ0n) is 14.8. The fourth-order valence-electron chi connectivity index (χ4n) is 2.31. The molecule has 0 aliphatic carbocycles. The van der Waals surface area contributed by atoms with Crippen molar-refractivity contribution in [3.8, 4) is 5.75 Å². The molecule has 2 aromatic carbocycles. The third-order valence-electron chi connectivity index (χ3n) is 3.66. The minimum atomic E-state index is -3.53. The van der Waals surface area contributed by atoms with Gasteiger partial charge in [-0.1, -0.05) is 45.0 Å². The second-order valence-corrected chi connectivity index (χ2v) is 8.71. The van der Waals surface area contributed by atoms with Crippen molar-refractivity contribution in [2.75, 3.05) is 13.2 Å². The second-order valence-electron chi connectivity index (χ2n) is 6.91. The molecule has 6 heteroatoms. The van der Waals surface area contributed by atoms with E-state index >= 15 is 0 Å². The van der Waals surface area contributed by atoms with E-state index in [1.165, 1.54) is 23.8 Å². The molecular weight excluding hydrogens is 341 g/mol. The first-order valence-corrected chi connectivity index (χ1v) is 9.76. The molecule has 0 aliphatic heterocycles. The number of sulfonamides is 1. The van der Waals surface area contributed by atoms with Crippen molar-refractivity contribution in [3.63, 3.8) is 0 Å². The Morgan fingerprint density at radius 3 is 2.36 bits per heavy atom. The van der Waals surface area contributed by atoms with Gasteiger partial charge in [0.25, 0.3) is 0 Å². The molecule has 136 valence electrons. The van der Waals surface area contributed by atoms with Gasteiger partial charge in [-0.15, -0.1) is 0 Å². The van der Waals surface area contributed by atoms with Gasteiger partial charge in [-0.2, -0.15) is 0 Å². The molecule has 0 bridgehead atoms. The van der Waals surface area contributed by atoms with Crippen LogP contribution in [-0.2, 0) is 21.2 Å². The highest BCUT2D eigenvalue weighted by Gasteiger charge is 2.13. The van der Waals surface area contributed by atoms with Crippen LogP contribution in [0.4, 0.5) is 4.39 Å². The number of halogens is 1. The van der Waals surface area contributed by atoms with Crippen LogP contribution in [0.1, 0.15) is 31.9 Å². The number of hydrogen-bond acceptors (Lipinski definition) is 3. The summed E-state index contributed by atoms with van der Waals surface area (Å²) in [5.74, 6) is -0.0162. The summed E-state index contributed by atoms with van der Waals surface area (Å²) in [4.78, 5) is 0. The third kappa shape index (κ3) is 6.48. The van der Waals surface area contributed by atoms with Gasteiger partial charge in [0.2, 0.25) is 10.0 Å². The molecular formula is C19H24FNO3S. The summed E-state index contributed by atoms with van der Waals surface area (Å²) in [5.41, 5.74) is 1.69. The average molecular weight is 365 g/mol. The third-order valence-corrected chi connectivity index (χ3v) is 5.02. The molecule has 0 unspecified atom stereocenters. The summed E-state index contributed by atoms with van der Waals surface area (Å²) < 4.78 is 45.1. The molecule has 2 rings (SSSR count). The fraction of sp³-hybridized carbons (Fsp3) is 0.368. The minimum absolute atomic E-state index is 0.0745. The van der Waals surface area contributed by atoms with E-state index in [4.69, 9.17) is 4.74 Å². The molecule has 0 aromatic heterocycles. The molecule has 0 fully saturated rings. The van der Waals surface area contributed by atoms with Crippen LogP contribution in [0.25, 0.3) is 0 Å². The first-order valence-electron chi connectivity index (χ1n) is 8.11. The maximum absolute atomic E-state index is 13.1. The Balaban J connectivity index is 1.80. The van der Waals surface area contributed by atoms with Crippen LogP contribution in [0, 0.1) is 5.82 Å². The van der Waals surface area contributed by atoms with Crippen LogP contribution in [-0.4, -0.2) is 21.6 Å². The summed E-state index contributed by atoms with van der Waals surface area (Å²) in [6, 6.07) is 13.3. The van der Waals surface area contributed by atoms with Gasteiger partial charge in [0.1, 0.15) is 18.2 Å². The van der Waals surface area contributed by atoms with Crippen molar-refractivity contribution < 1.29 is 17.5 Å². The predicted molar refractivity (Wildman–Crippen MR) is 97.7 cm³/mol. The summed E-state index contributed by atoms with van der Waals surface area (Å²) in [5, 5.41) is 0. The van der Waals surface area contributed by atoms with Crippen LogP contribution < -0.4 is 9.46 Å². The first kappa shape index (κ1) is 19.4. The highest BCUT2D eigenvalue weighted by Crippen LogP contribution is 2.24. The Hall–Kier alpha value is -1.92. The second kappa shape index (κ2) is 7.97. The molecule has 25 heavy (non-hydrogen) atoms. The molecule has 0 saturated heterocycles. The zero-order chi connectivity index (χ0) is 18.5. The Kier molecular flexibility index (Phi) is 6.19. The number of benzene rings is 2. The van der Waals surface area contributed by atoms with Gasteiger partial charge in [0.05, 0.1) is 5.75 Å². The van der Waals surface area contributed by atoms with Crippen LogP contribution in [0.5, 0.6) is 5.75 Å². The fourth-order valence-corrected chi connectivity index (χ4v) is 3.43. The lowest BCUT2D eigenvalue weighted by molar-refractivity contribution is 0.322. The van der Waals surface area contributed by atoms with E-state index < -0.39 is 15.8 Å². The Bertz CT molecular complexity index is 796. The predicted octanol–water partition coefficient (Wildman–Crippen LogP) is 3.62. The van der Waals surface area contributed by atoms with Crippen LogP contribution in [0.2, 0.25) is 0 Å². The topological polar surface area (TPSA) is 55.4 Å². The summed E-state index contributed by atoms with van der Waals surface area (Å²) in [6.45, 7) is 6.78. The molecule has 2 aromatic rings. The first-order chi connectivity index (χ1) is 11.7. The van der Waals surface area contributed by atoms with Gasteiger partial charge in [0.15, 0.2) is 0 Å². The molecule has 0 spiro atoms. The summed E-state index contributed by atoms with van der Waals surface area (Å²) in [7, 11) is -3.53. The molecule has 0 radical (unpaired) electrons. The van der Waals surface area contributed by atoms with Crippen LogP contribution in [0.3, 0.4) is 0 Å². The maximum Gasteiger partial charge on any atom is 0.215 e. The molecule has 0 saturated carbocycles. The SMILES string of the molecule is CC(C)(C)c1ccc(OCCNS(=O)(=O)Cc2cccc(F)c2)cc1. The molecule has 1 N–H and O–H groups in total. The van der Waals surface area contributed by atoms with Crippen molar-refractivity contribution in [2.24, 2.45) is 0 Å². The molecule has 0 aliphatic rings. The lowest BCUT2D eigenvalue weighted by Gasteiger charge is -2.19. The van der Waals surface area contributed by atoms with Crippen molar-refractivity contribution in [1.82, 2.24) is 4.72 Å². The van der Waals surface area contributed by atoms with E-state index in [9.17, 15) is 12.8 Å². The van der Waals surface area contributed by atoms with Gasteiger partial charge in [0, 0.05) is 6.54 Å². The molecule has 0 amide bonds. The Morgan fingerprint density at radius 2 is 1.76 bits per heavy atom. The van der Waals surface area contributed by atoms with Gasteiger partial charge >= 0.3 is 0 Å². The summed E-state index contributed by atoms with van der Waals surface area (Å²) >= 11 is 0. The van der Waals surface area contributed by atoms with E-state index in [0.717, 1.165) is 0 Å². The normalized spacial score (nSPS) is 12.2. The highest BCUT2D eigenvalue weighted by atomic mass is 32.2. The van der Waals surface area contributed by atoms with Gasteiger partial charge < -0.3 is 4.74 Å². The number of ether oxygens (including phenoxy) is 1. The molecule has 4 nitrogen and oxygen atoms in total. The van der Waals surface area contributed by atoms with Gasteiger partial charge in [-0.05, 0) is 40.8 Å². The number of rotatable bonds is 7. The quantitative estimate of drug-likeness (QED) is 0.763. The van der Waals surface area contributed by atoms with Gasteiger partial charge in [-0.25, -0.2) is 17.5 Å². The van der Waals surface area contributed by atoms with Crippen molar-refractivity contribution in [3.05, 3.63) is 65.5 Å². The van der Waals surface area contributed by atoms with Crippen molar-refractivity contribution in [1.29, 1.82) is 0 Å². The van der Waals surface area contributed by atoms with E-state index in [1.54, 1.807) is 6.07 Å². The standard InChI is InChI=1S/C19H24FNO3S/c1-19(2,3)16-7-9-18(10-8-16)24-12-11-21-25(22,23)14-15-5-4-6-17(20)13-15/h4-10,13,21H,11-12,14H2,1-3H3. The Labute approximate surface area is 149 Å². The van der Waals surface area contributed by atoms with E-state index in [0.29, 0.717) is 11.3 Å². The van der Waals surface area contributed by atoms with Crippen molar-refractivity contribution >= 4 is 10.0 Å². The van der Waals surface area contributed by atoms with Crippen molar-refractivity contribution in [2.45, 2.75) is 31.9 Å². The monoisotopic (exact) mass is 365 g/mol. The Morgan fingerprint density at radius 1 is 1.08 bits per heavy atom. The van der Waals surface area contributed by atoms with E-state index in [-0.39, 0.29) is 24.3 Å². The highest BCUT2D eigenvalue weighted by molar-refractivity contribution is 7.88. The minimum Gasteiger partial charge on any atom is -0.492 e. The lowest BCUT2D eigenvalue weighted by atomic mass is 9.87. The van der Waals surface area contributed by atoms with Gasteiger partial charge in [-0.3, -0.25) is 0 Å². The maximum atomic E-state index is 13.1. The largest absolute Gasteiger partial charge is 0.492 e. The van der Waals surface area contributed by atoms with E-state index in [2.05, 4.69) is 25.5 Å². The molecule has 0 atom stereocenters. The van der Waals surface area contributed by atoms with Crippen LogP contribution in [0.15, 0.2) is 48.5 Å². The van der Waals surface area contributed by atoms with E-state index in [1.807, 2.05) is 24.3 Å². The lowest BCUT2D eigenvalue weighted by Crippen LogP contribution is -2.29. The number of hydrogen-bond donors (Lipinski definition) is 1. The summed E-state index contributed by atoms with van der Waals surface area (Å²) in [6.07, 6.45) is 0. The zero-order valence-corrected chi connectivity index (χ0v) is 15.6. The average Bonchev–Trinajstić information content (AvgIpc) is 2.51. The molecule has 0 heterocycles.